The van der Waals surface area contributed by atoms with Crippen molar-refractivity contribution >= 4 is 15.9 Å². The van der Waals surface area contributed by atoms with E-state index in [2.05, 4.69) is 51.8 Å². The van der Waals surface area contributed by atoms with Crippen molar-refractivity contribution in [2.24, 2.45) is 5.92 Å². The summed E-state index contributed by atoms with van der Waals surface area (Å²) in [5.41, 5.74) is 2.46. The molecule has 102 valence electrons. The van der Waals surface area contributed by atoms with Crippen molar-refractivity contribution in [1.29, 1.82) is 0 Å². The van der Waals surface area contributed by atoms with Crippen molar-refractivity contribution in [3.8, 4) is 0 Å². The molecule has 1 N–H and O–H groups in total. The van der Waals surface area contributed by atoms with Gasteiger partial charge in [0.15, 0.2) is 0 Å². The number of rotatable bonds is 7. The Bertz CT molecular complexity index is 396. The van der Waals surface area contributed by atoms with Crippen LogP contribution in [0.25, 0.3) is 0 Å². The minimum Gasteiger partial charge on any atom is -0.314 e. The number of halogens is 1. The Hall–Kier alpha value is -0.350. The summed E-state index contributed by atoms with van der Waals surface area (Å²) in [6, 6.07) is 0.822. The number of nitrogens with zero attached hydrogens (tertiary/aromatic N) is 2. The highest BCUT2D eigenvalue weighted by Gasteiger charge is 2.21. The Morgan fingerprint density at radius 3 is 2.83 bits per heavy atom. The Morgan fingerprint density at radius 1 is 1.50 bits per heavy atom. The molecule has 1 aliphatic carbocycles. The smallest absolute Gasteiger partial charge is 0.0738 e. The third kappa shape index (κ3) is 3.58. The SMILES string of the molecule is CCn1nc(C)c(Br)c1CCC(C)CNC1CC1. The van der Waals surface area contributed by atoms with Gasteiger partial charge in [0.1, 0.15) is 0 Å². The third-order valence-electron chi connectivity index (χ3n) is 3.66. The first-order valence-corrected chi connectivity index (χ1v) is 7.86. The van der Waals surface area contributed by atoms with Crippen LogP contribution in [0.1, 0.15) is 44.5 Å². The maximum atomic E-state index is 4.54. The highest BCUT2D eigenvalue weighted by molar-refractivity contribution is 9.10. The van der Waals surface area contributed by atoms with E-state index >= 15 is 0 Å². The first kappa shape index (κ1) is 14.1. The summed E-state index contributed by atoms with van der Waals surface area (Å²) in [6.07, 6.45) is 5.09. The summed E-state index contributed by atoms with van der Waals surface area (Å²) in [5.74, 6) is 0.734. The van der Waals surface area contributed by atoms with Crippen LogP contribution in [-0.4, -0.2) is 22.4 Å². The molecule has 0 amide bonds. The molecule has 1 unspecified atom stereocenters. The first-order chi connectivity index (χ1) is 8.61. The lowest BCUT2D eigenvalue weighted by Crippen LogP contribution is -2.23. The van der Waals surface area contributed by atoms with Gasteiger partial charge in [0.05, 0.1) is 15.9 Å². The zero-order valence-corrected chi connectivity index (χ0v) is 13.3. The number of aromatic nitrogens is 2. The number of hydrogen-bond donors (Lipinski definition) is 1. The van der Waals surface area contributed by atoms with Crippen LogP contribution >= 0.6 is 15.9 Å². The fourth-order valence-corrected chi connectivity index (χ4v) is 2.73. The van der Waals surface area contributed by atoms with Gasteiger partial charge in [-0.05, 0) is 67.9 Å². The molecule has 4 heteroatoms. The van der Waals surface area contributed by atoms with Gasteiger partial charge in [-0.25, -0.2) is 0 Å². The van der Waals surface area contributed by atoms with Crippen LogP contribution in [0.2, 0.25) is 0 Å². The molecule has 1 fully saturated rings. The summed E-state index contributed by atoms with van der Waals surface area (Å²) in [6.45, 7) is 8.67. The van der Waals surface area contributed by atoms with E-state index in [0.29, 0.717) is 0 Å². The molecule has 0 bridgehead atoms. The van der Waals surface area contributed by atoms with Crippen molar-refractivity contribution in [1.82, 2.24) is 15.1 Å². The molecular formula is C14H24BrN3. The van der Waals surface area contributed by atoms with E-state index in [-0.39, 0.29) is 0 Å². The van der Waals surface area contributed by atoms with E-state index in [9.17, 15) is 0 Å². The fraction of sp³-hybridized carbons (Fsp3) is 0.786. The Morgan fingerprint density at radius 2 is 2.22 bits per heavy atom. The normalized spacial score (nSPS) is 17.1. The number of aryl methyl sites for hydroxylation is 2. The van der Waals surface area contributed by atoms with Crippen LogP contribution in [-0.2, 0) is 13.0 Å². The quantitative estimate of drug-likeness (QED) is 0.837. The molecule has 0 aliphatic heterocycles. The predicted octanol–water partition coefficient (Wildman–Crippen LogP) is 3.29. The second-order valence-electron chi connectivity index (χ2n) is 5.49. The molecule has 3 nitrogen and oxygen atoms in total. The summed E-state index contributed by atoms with van der Waals surface area (Å²) in [7, 11) is 0. The van der Waals surface area contributed by atoms with E-state index in [0.717, 1.165) is 37.2 Å². The van der Waals surface area contributed by atoms with Gasteiger partial charge in [0, 0.05) is 12.6 Å². The van der Waals surface area contributed by atoms with Crippen molar-refractivity contribution < 1.29 is 0 Å². The Balaban J connectivity index is 1.84. The van der Waals surface area contributed by atoms with Crippen LogP contribution in [0.4, 0.5) is 0 Å². The summed E-state index contributed by atoms with van der Waals surface area (Å²) in [5, 5.41) is 8.15. The number of nitrogens with one attached hydrogen (secondary N) is 1. The van der Waals surface area contributed by atoms with Crippen LogP contribution in [0.3, 0.4) is 0 Å². The molecule has 0 aromatic carbocycles. The lowest BCUT2D eigenvalue weighted by atomic mass is 10.0. The van der Waals surface area contributed by atoms with Gasteiger partial charge in [-0.2, -0.15) is 5.10 Å². The van der Waals surface area contributed by atoms with Crippen LogP contribution in [0, 0.1) is 12.8 Å². The van der Waals surface area contributed by atoms with Crippen molar-refractivity contribution in [2.45, 2.75) is 59.0 Å². The van der Waals surface area contributed by atoms with Gasteiger partial charge in [-0.1, -0.05) is 6.92 Å². The Kier molecular flexibility index (Phi) is 4.84. The molecule has 0 spiro atoms. The van der Waals surface area contributed by atoms with Gasteiger partial charge in [-0.15, -0.1) is 0 Å². The molecule has 1 aromatic rings. The summed E-state index contributed by atoms with van der Waals surface area (Å²) in [4.78, 5) is 0. The van der Waals surface area contributed by atoms with Gasteiger partial charge < -0.3 is 5.32 Å². The van der Waals surface area contributed by atoms with Crippen LogP contribution in [0.5, 0.6) is 0 Å². The second kappa shape index (κ2) is 6.20. The monoisotopic (exact) mass is 313 g/mol. The standard InChI is InChI=1S/C14H24BrN3/c1-4-18-13(14(15)11(3)17-18)8-5-10(2)9-16-12-6-7-12/h10,12,16H,4-9H2,1-3H3. The van der Waals surface area contributed by atoms with E-state index in [4.69, 9.17) is 0 Å². The molecule has 1 saturated carbocycles. The topological polar surface area (TPSA) is 29.9 Å². The number of hydrogen-bond acceptors (Lipinski definition) is 2. The van der Waals surface area contributed by atoms with E-state index in [1.165, 1.54) is 29.4 Å². The van der Waals surface area contributed by atoms with Crippen molar-refractivity contribution in [2.75, 3.05) is 6.54 Å². The van der Waals surface area contributed by atoms with Gasteiger partial charge in [0.2, 0.25) is 0 Å². The molecule has 0 radical (unpaired) electrons. The average Bonchev–Trinajstić information content (AvgIpc) is 3.14. The molecule has 2 rings (SSSR count). The summed E-state index contributed by atoms with van der Waals surface area (Å²) < 4.78 is 3.33. The maximum absolute atomic E-state index is 4.54. The zero-order chi connectivity index (χ0) is 13.1. The zero-order valence-electron chi connectivity index (χ0n) is 11.7. The molecule has 0 saturated heterocycles. The van der Waals surface area contributed by atoms with Crippen molar-refractivity contribution in [3.05, 3.63) is 15.9 Å². The minimum absolute atomic E-state index is 0.734. The molecule has 1 aliphatic rings. The highest BCUT2D eigenvalue weighted by Crippen LogP contribution is 2.24. The molecule has 1 aromatic heterocycles. The van der Waals surface area contributed by atoms with E-state index < -0.39 is 0 Å². The van der Waals surface area contributed by atoms with Gasteiger partial charge in [-0.3, -0.25) is 4.68 Å². The van der Waals surface area contributed by atoms with Crippen LogP contribution < -0.4 is 5.32 Å². The average molecular weight is 314 g/mol. The lowest BCUT2D eigenvalue weighted by molar-refractivity contribution is 0.469. The maximum Gasteiger partial charge on any atom is 0.0738 e. The third-order valence-corrected chi connectivity index (χ3v) is 4.69. The van der Waals surface area contributed by atoms with Gasteiger partial charge in [0.25, 0.3) is 0 Å². The Labute approximate surface area is 118 Å². The minimum atomic E-state index is 0.734. The highest BCUT2D eigenvalue weighted by atomic mass is 79.9. The molecular weight excluding hydrogens is 290 g/mol. The van der Waals surface area contributed by atoms with Crippen molar-refractivity contribution in [3.63, 3.8) is 0 Å². The van der Waals surface area contributed by atoms with Crippen LogP contribution in [0.15, 0.2) is 4.47 Å². The molecule has 1 heterocycles. The predicted molar refractivity (Wildman–Crippen MR) is 78.8 cm³/mol. The lowest BCUT2D eigenvalue weighted by Gasteiger charge is -2.13. The molecule has 18 heavy (non-hydrogen) atoms. The fourth-order valence-electron chi connectivity index (χ4n) is 2.25. The van der Waals surface area contributed by atoms with E-state index in [1.807, 2.05) is 0 Å². The summed E-state index contributed by atoms with van der Waals surface area (Å²) >= 11 is 3.67. The van der Waals surface area contributed by atoms with E-state index in [1.54, 1.807) is 0 Å². The second-order valence-corrected chi connectivity index (χ2v) is 6.28. The molecule has 1 atom stereocenters. The first-order valence-electron chi connectivity index (χ1n) is 7.07. The largest absolute Gasteiger partial charge is 0.314 e. The van der Waals surface area contributed by atoms with Gasteiger partial charge >= 0.3 is 0 Å².